The second-order valence-electron chi connectivity index (χ2n) is 32.2. The zero-order valence-electron chi connectivity index (χ0n) is 69.4. The Morgan fingerprint density at radius 3 is 1.32 bits per heavy atom. The molecule has 0 saturated carbocycles. The molecule has 512 valence electrons. The van der Waals surface area contributed by atoms with E-state index in [1.807, 2.05) is 6.07 Å². The van der Waals surface area contributed by atoms with Gasteiger partial charge in [0.2, 0.25) is 0 Å². The first-order chi connectivity index (χ1) is 55.3. The standard InChI is InChI=1S/C102H81BN4/c1-100(2,3)70-56-69(57-71(59-70)101(4,5)6)68-50-54-86-91(58-68)105(73-51-48-65(49-52-73)64-30-13-10-14-31-64)99-95-83-44-29-43-82-78-39-22-20-37-76(78)75-36-19-21-38-77(75)79-40-23-28-47-90(79)106(97(82)83)93(95)63-94-96(99)103(86)87-55-53-74(104-88-45-26-24-41-80(88)81-42-25-27-46-89(81)104)62-92(87)107(94)98-84(66-32-15-11-16-33-66)60-72(102(7,8)9)61-85(98)67-34-17-12-18-35-67/h10-63H,1-9H3/i24D,25D,26D,27D,41D,42D,45D,46D. The third kappa shape index (κ3) is 10.1. The molecule has 0 spiro atoms. The first-order valence-corrected chi connectivity index (χ1v) is 37.3. The van der Waals surface area contributed by atoms with Crippen LogP contribution in [-0.4, -0.2) is 15.7 Å². The lowest BCUT2D eigenvalue weighted by Crippen LogP contribution is -2.61. The second kappa shape index (κ2) is 24.1. The molecular weight excluding hydrogens is 1290 g/mol. The highest BCUT2D eigenvalue weighted by molar-refractivity contribution is 7.00. The number of nitrogens with zero attached hydrogens (tertiary/aromatic N) is 4. The first kappa shape index (κ1) is 56.0. The number of aromatic nitrogens is 2. The second-order valence-corrected chi connectivity index (χ2v) is 32.2. The Hall–Kier alpha value is -12.4. The van der Waals surface area contributed by atoms with Crippen molar-refractivity contribution < 1.29 is 11.0 Å². The minimum atomic E-state index is -0.535. The molecule has 0 radical (unpaired) electrons. The van der Waals surface area contributed by atoms with Gasteiger partial charge < -0.3 is 18.8 Å². The SMILES string of the molecule is [2H]c1c([2H])c([2H])c2c(c1[2H])c1c([2H])c([2H])c([2H])c([2H])c1n2-c1ccc2c(c1)N(c1c(-c3ccccc3)cc(C(C)(C)C)cc1-c1ccccc1)c1cc3c(c4c1B2c1ccc(-c2cc(C(C)(C)C)cc(C(C)(C)C)c2)cc1N4c1ccc(-c2ccccc2)cc1)c1cccc2c4ccccc4c4ccccc4c4ccccc4n3c21. The van der Waals surface area contributed by atoms with Crippen molar-refractivity contribution in [3.63, 3.8) is 0 Å². The average molecular weight is 1380 g/mol. The molecule has 0 N–H and O–H groups in total. The van der Waals surface area contributed by atoms with E-state index in [2.05, 4.69) is 350 Å². The van der Waals surface area contributed by atoms with Gasteiger partial charge in [0, 0.05) is 71.9 Å². The fourth-order valence-corrected chi connectivity index (χ4v) is 17.4. The van der Waals surface area contributed by atoms with E-state index in [0.29, 0.717) is 5.69 Å². The molecule has 0 unspecified atom stereocenters. The summed E-state index contributed by atoms with van der Waals surface area (Å²) in [5.74, 6) is 0. The summed E-state index contributed by atoms with van der Waals surface area (Å²) in [4.78, 5) is 5.07. The number of hydrogen-bond acceptors (Lipinski definition) is 2. The van der Waals surface area contributed by atoms with E-state index in [1.54, 1.807) is 4.57 Å². The maximum Gasteiger partial charge on any atom is 0.252 e. The Balaban J connectivity index is 1.04. The smallest absolute Gasteiger partial charge is 0.252 e. The highest BCUT2D eigenvalue weighted by Gasteiger charge is 2.47. The number of benzene rings is 15. The van der Waals surface area contributed by atoms with Gasteiger partial charge in [-0.2, -0.15) is 0 Å². The zero-order valence-corrected chi connectivity index (χ0v) is 61.4. The van der Waals surface area contributed by atoms with Gasteiger partial charge in [0.1, 0.15) is 0 Å². The van der Waals surface area contributed by atoms with Gasteiger partial charge in [-0.25, -0.2) is 0 Å². The summed E-state index contributed by atoms with van der Waals surface area (Å²) >= 11 is 0. The minimum Gasteiger partial charge on any atom is -0.311 e. The molecule has 5 heterocycles. The third-order valence-electron chi connectivity index (χ3n) is 22.7. The molecule has 0 bridgehead atoms. The third-order valence-corrected chi connectivity index (χ3v) is 22.7. The monoisotopic (exact) mass is 1380 g/mol. The van der Waals surface area contributed by atoms with Crippen LogP contribution in [-0.2, 0) is 16.2 Å². The molecule has 4 nitrogen and oxygen atoms in total. The summed E-state index contributed by atoms with van der Waals surface area (Å²) in [7, 11) is 0. The fourth-order valence-electron chi connectivity index (χ4n) is 17.4. The van der Waals surface area contributed by atoms with E-state index in [4.69, 9.17) is 2.74 Å². The van der Waals surface area contributed by atoms with Crippen molar-refractivity contribution in [3.05, 3.63) is 344 Å². The molecule has 0 aliphatic carbocycles. The zero-order chi connectivity index (χ0) is 79.3. The predicted octanol–water partition coefficient (Wildman–Crippen LogP) is 26.0. The molecule has 0 amide bonds. The Labute approximate surface area is 637 Å². The van der Waals surface area contributed by atoms with E-state index in [0.717, 1.165) is 160 Å². The van der Waals surface area contributed by atoms with E-state index in [-0.39, 0.29) is 50.1 Å². The van der Waals surface area contributed by atoms with Crippen LogP contribution in [0.4, 0.5) is 34.1 Å². The van der Waals surface area contributed by atoms with Crippen LogP contribution in [0.2, 0.25) is 0 Å². The fraction of sp³-hybridized carbons (Fsp3) is 0.118. The molecular formula is C102H81BN4. The van der Waals surface area contributed by atoms with Crippen LogP contribution in [0.25, 0.3) is 132 Å². The lowest BCUT2D eigenvalue weighted by molar-refractivity contribution is 0.569. The number of hydrogen-bond donors (Lipinski definition) is 0. The molecule has 2 aliphatic rings. The number of anilines is 6. The van der Waals surface area contributed by atoms with Crippen LogP contribution in [0.5, 0.6) is 0 Å². The summed E-state index contributed by atoms with van der Waals surface area (Å²) in [5.41, 5.74) is 23.1. The highest BCUT2D eigenvalue weighted by Crippen LogP contribution is 2.56. The van der Waals surface area contributed by atoms with Crippen LogP contribution < -0.4 is 26.2 Å². The molecule has 0 saturated heterocycles. The van der Waals surface area contributed by atoms with Crippen LogP contribution in [0.1, 0.15) is 90.0 Å². The first-order valence-electron chi connectivity index (χ1n) is 41.3. The maximum absolute atomic E-state index is 9.97. The van der Waals surface area contributed by atoms with Crippen LogP contribution >= 0.6 is 0 Å². The van der Waals surface area contributed by atoms with Crippen molar-refractivity contribution in [1.29, 1.82) is 0 Å². The van der Waals surface area contributed by atoms with Crippen molar-refractivity contribution in [2.45, 2.75) is 78.6 Å². The summed E-state index contributed by atoms with van der Waals surface area (Å²) in [6, 6.07) is 98.8. The van der Waals surface area contributed by atoms with Gasteiger partial charge in [0.05, 0.1) is 49.9 Å². The lowest BCUT2D eigenvalue weighted by Gasteiger charge is -2.45. The molecule has 3 aromatic heterocycles. The largest absolute Gasteiger partial charge is 0.311 e. The van der Waals surface area contributed by atoms with Crippen molar-refractivity contribution in [2.75, 3.05) is 9.80 Å². The Morgan fingerprint density at radius 2 is 0.738 bits per heavy atom. The normalized spacial score (nSPS) is 14.1. The van der Waals surface area contributed by atoms with Crippen molar-refractivity contribution in [1.82, 2.24) is 8.97 Å². The average Bonchev–Trinajstić information content (AvgIpc) is 1.63. The summed E-state index contributed by atoms with van der Waals surface area (Å²) in [5, 5.41) is 8.72. The van der Waals surface area contributed by atoms with Gasteiger partial charge in [-0.15, -0.1) is 0 Å². The number of fused-ring (bicyclic) bond motifs is 18. The Bertz CT molecular complexity index is 7080. The molecule has 15 aromatic carbocycles. The molecule has 5 heteroatoms. The predicted molar refractivity (Wildman–Crippen MR) is 460 cm³/mol. The minimum absolute atomic E-state index is 0.00806. The number of rotatable bonds is 7. The van der Waals surface area contributed by atoms with Gasteiger partial charge in [-0.05, 0) is 171 Å². The molecule has 2 aliphatic heterocycles. The van der Waals surface area contributed by atoms with E-state index >= 15 is 0 Å². The van der Waals surface area contributed by atoms with Crippen LogP contribution in [0.15, 0.2) is 327 Å². The molecule has 0 fully saturated rings. The summed E-state index contributed by atoms with van der Waals surface area (Å²) in [6.07, 6.45) is 0. The maximum atomic E-state index is 9.97. The quantitative estimate of drug-likeness (QED) is 0.148. The van der Waals surface area contributed by atoms with Crippen molar-refractivity contribution in [3.8, 4) is 50.2 Å². The van der Waals surface area contributed by atoms with E-state index in [9.17, 15) is 8.22 Å². The van der Waals surface area contributed by atoms with E-state index < -0.39 is 43.0 Å². The molecule has 107 heavy (non-hydrogen) atoms. The topological polar surface area (TPSA) is 15.8 Å². The van der Waals surface area contributed by atoms with E-state index in [1.165, 1.54) is 11.1 Å². The van der Waals surface area contributed by atoms with Gasteiger partial charge >= 0.3 is 0 Å². The van der Waals surface area contributed by atoms with Gasteiger partial charge in [0.15, 0.2) is 0 Å². The van der Waals surface area contributed by atoms with Gasteiger partial charge in [-0.1, -0.05) is 323 Å². The molecule has 20 rings (SSSR count). The Morgan fingerprint density at radius 1 is 0.290 bits per heavy atom. The molecule has 0 atom stereocenters. The lowest BCUT2D eigenvalue weighted by atomic mass is 9.33. The van der Waals surface area contributed by atoms with Crippen LogP contribution in [0.3, 0.4) is 0 Å². The van der Waals surface area contributed by atoms with Crippen molar-refractivity contribution in [2.24, 2.45) is 0 Å². The van der Waals surface area contributed by atoms with Crippen LogP contribution in [0, 0.1) is 0 Å². The summed E-state index contributed by atoms with van der Waals surface area (Å²) < 4.78 is 80.6. The van der Waals surface area contributed by atoms with Gasteiger partial charge in [-0.3, -0.25) is 0 Å². The summed E-state index contributed by atoms with van der Waals surface area (Å²) in [6.45, 7) is 20.0. The Kier molecular flexibility index (Phi) is 12.6. The number of para-hydroxylation sites is 4. The molecule has 18 aromatic rings. The highest BCUT2D eigenvalue weighted by atomic mass is 15.2. The van der Waals surface area contributed by atoms with Gasteiger partial charge in [0.25, 0.3) is 6.71 Å². The van der Waals surface area contributed by atoms with Crippen molar-refractivity contribution >= 4 is 139 Å².